The van der Waals surface area contributed by atoms with Gasteiger partial charge in [-0.05, 0) is 68.2 Å². The molecule has 19 heavy (non-hydrogen) atoms. The summed E-state index contributed by atoms with van der Waals surface area (Å²) in [5.74, 6) is 1.51. The summed E-state index contributed by atoms with van der Waals surface area (Å²) < 4.78 is 0. The van der Waals surface area contributed by atoms with E-state index in [-0.39, 0.29) is 0 Å². The molecule has 2 fully saturated rings. The normalized spacial score (nSPS) is 23.5. The second kappa shape index (κ2) is 5.66. The van der Waals surface area contributed by atoms with Crippen LogP contribution in [-0.4, -0.2) is 24.0 Å². The van der Waals surface area contributed by atoms with E-state index in [2.05, 4.69) is 43.0 Å². The molecule has 1 aliphatic heterocycles. The molecule has 1 heteroatoms. The van der Waals surface area contributed by atoms with Crippen molar-refractivity contribution in [3.63, 3.8) is 0 Å². The minimum atomic E-state index is 0.700. The fraction of sp³-hybridized carbons (Fsp3) is 0.667. The molecule has 0 N–H and O–H groups in total. The van der Waals surface area contributed by atoms with Gasteiger partial charge in [-0.1, -0.05) is 38.1 Å². The molecule has 104 valence electrons. The van der Waals surface area contributed by atoms with Crippen molar-refractivity contribution in [1.82, 2.24) is 4.90 Å². The first-order valence-electron chi connectivity index (χ1n) is 8.12. The molecule has 1 aliphatic carbocycles. The van der Waals surface area contributed by atoms with Gasteiger partial charge < -0.3 is 4.90 Å². The van der Waals surface area contributed by atoms with Crippen molar-refractivity contribution in [2.45, 2.75) is 63.8 Å². The second-order valence-corrected chi connectivity index (χ2v) is 6.52. The smallest absolute Gasteiger partial charge is 0.00964 e. The summed E-state index contributed by atoms with van der Waals surface area (Å²) in [5, 5.41) is 0. The highest BCUT2D eigenvalue weighted by Crippen LogP contribution is 2.34. The third-order valence-electron chi connectivity index (χ3n) is 5.18. The molecule has 0 amide bonds. The number of hydrogen-bond donors (Lipinski definition) is 0. The Morgan fingerprint density at radius 3 is 2.21 bits per heavy atom. The quantitative estimate of drug-likeness (QED) is 0.765. The van der Waals surface area contributed by atoms with Gasteiger partial charge in [0.1, 0.15) is 0 Å². The van der Waals surface area contributed by atoms with Crippen LogP contribution in [-0.2, 0) is 0 Å². The third kappa shape index (κ3) is 3.02. The molecule has 3 rings (SSSR count). The summed E-state index contributed by atoms with van der Waals surface area (Å²) in [6.45, 7) is 7.24. The van der Waals surface area contributed by atoms with Crippen LogP contribution in [0.15, 0.2) is 24.3 Å². The molecule has 0 aromatic heterocycles. The van der Waals surface area contributed by atoms with Gasteiger partial charge in [0.2, 0.25) is 0 Å². The standard InChI is InChI=1S/C18H27N/c1-3-14(2)15-4-6-16(7-5-15)17-10-12-19(13-11-17)18-8-9-18/h4-7,14,17-18H,3,8-13H2,1-2H3. The molecular weight excluding hydrogens is 230 g/mol. The maximum Gasteiger partial charge on any atom is 0.00964 e. The van der Waals surface area contributed by atoms with Crippen molar-refractivity contribution < 1.29 is 0 Å². The minimum absolute atomic E-state index is 0.700. The van der Waals surface area contributed by atoms with E-state index in [1.807, 2.05) is 0 Å². The topological polar surface area (TPSA) is 3.24 Å². The van der Waals surface area contributed by atoms with Gasteiger partial charge >= 0.3 is 0 Å². The van der Waals surface area contributed by atoms with E-state index in [1.165, 1.54) is 50.8 Å². The zero-order valence-corrected chi connectivity index (χ0v) is 12.4. The SMILES string of the molecule is CCC(C)c1ccc(C2CCN(C3CC3)CC2)cc1. The van der Waals surface area contributed by atoms with Crippen LogP contribution in [0.25, 0.3) is 0 Å². The Balaban J connectivity index is 1.60. The molecular formula is C18H27N. The van der Waals surface area contributed by atoms with E-state index in [1.54, 1.807) is 5.56 Å². The summed E-state index contributed by atoms with van der Waals surface area (Å²) >= 11 is 0. The first-order chi connectivity index (χ1) is 9.28. The van der Waals surface area contributed by atoms with E-state index in [9.17, 15) is 0 Å². The Labute approximate surface area is 118 Å². The van der Waals surface area contributed by atoms with Gasteiger partial charge in [-0.2, -0.15) is 0 Å². The molecule has 1 saturated heterocycles. The highest BCUT2D eigenvalue weighted by molar-refractivity contribution is 5.27. The van der Waals surface area contributed by atoms with E-state index >= 15 is 0 Å². The highest BCUT2D eigenvalue weighted by atomic mass is 15.2. The van der Waals surface area contributed by atoms with Gasteiger partial charge in [0.15, 0.2) is 0 Å². The van der Waals surface area contributed by atoms with Crippen molar-refractivity contribution in [3.05, 3.63) is 35.4 Å². The summed E-state index contributed by atoms with van der Waals surface area (Å²) in [4.78, 5) is 2.71. The third-order valence-corrected chi connectivity index (χ3v) is 5.18. The molecule has 1 unspecified atom stereocenters. The van der Waals surface area contributed by atoms with Crippen molar-refractivity contribution in [2.24, 2.45) is 0 Å². The summed E-state index contributed by atoms with van der Waals surface area (Å²) in [6.07, 6.45) is 6.86. The van der Waals surface area contributed by atoms with Gasteiger partial charge in [-0.15, -0.1) is 0 Å². The molecule has 1 aromatic carbocycles. The number of hydrogen-bond acceptors (Lipinski definition) is 1. The van der Waals surface area contributed by atoms with E-state index < -0.39 is 0 Å². The van der Waals surface area contributed by atoms with Crippen molar-refractivity contribution in [1.29, 1.82) is 0 Å². The lowest BCUT2D eigenvalue weighted by Crippen LogP contribution is -2.34. The van der Waals surface area contributed by atoms with E-state index in [4.69, 9.17) is 0 Å². The van der Waals surface area contributed by atoms with Crippen LogP contribution in [0.3, 0.4) is 0 Å². The van der Waals surface area contributed by atoms with Crippen molar-refractivity contribution >= 4 is 0 Å². The number of rotatable bonds is 4. The second-order valence-electron chi connectivity index (χ2n) is 6.52. The molecule has 0 spiro atoms. The lowest BCUT2D eigenvalue weighted by atomic mass is 9.87. The zero-order valence-electron chi connectivity index (χ0n) is 12.4. The Bertz CT molecular complexity index is 396. The zero-order chi connectivity index (χ0) is 13.2. The maximum atomic E-state index is 2.71. The first kappa shape index (κ1) is 13.2. The number of likely N-dealkylation sites (tertiary alicyclic amines) is 1. The van der Waals surface area contributed by atoms with Gasteiger partial charge in [-0.25, -0.2) is 0 Å². The van der Waals surface area contributed by atoms with Crippen LogP contribution in [0.4, 0.5) is 0 Å². The molecule has 2 aliphatic rings. The van der Waals surface area contributed by atoms with Crippen molar-refractivity contribution in [3.8, 4) is 0 Å². The molecule has 1 saturated carbocycles. The molecule has 1 nitrogen and oxygen atoms in total. The molecule has 1 heterocycles. The Hall–Kier alpha value is -0.820. The fourth-order valence-electron chi connectivity index (χ4n) is 3.37. The lowest BCUT2D eigenvalue weighted by molar-refractivity contribution is 0.203. The van der Waals surface area contributed by atoms with E-state index in [0.29, 0.717) is 5.92 Å². The Morgan fingerprint density at radius 2 is 1.68 bits per heavy atom. The summed E-state index contributed by atoms with van der Waals surface area (Å²) in [7, 11) is 0. The van der Waals surface area contributed by atoms with E-state index in [0.717, 1.165) is 12.0 Å². The van der Waals surface area contributed by atoms with Crippen LogP contribution in [0.2, 0.25) is 0 Å². The monoisotopic (exact) mass is 257 g/mol. The van der Waals surface area contributed by atoms with Crippen LogP contribution in [0, 0.1) is 0 Å². The molecule has 1 atom stereocenters. The average molecular weight is 257 g/mol. The lowest BCUT2D eigenvalue weighted by Gasteiger charge is -2.32. The molecule has 0 bridgehead atoms. The molecule has 0 radical (unpaired) electrons. The van der Waals surface area contributed by atoms with Gasteiger partial charge in [-0.3, -0.25) is 0 Å². The summed E-state index contributed by atoms with van der Waals surface area (Å²) in [5.41, 5.74) is 3.07. The maximum absolute atomic E-state index is 2.71. The number of piperidine rings is 1. The highest BCUT2D eigenvalue weighted by Gasteiger charge is 2.31. The Kier molecular flexibility index (Phi) is 3.93. The predicted molar refractivity (Wildman–Crippen MR) is 81.7 cm³/mol. The number of nitrogens with zero attached hydrogens (tertiary/aromatic N) is 1. The predicted octanol–water partition coefficient (Wildman–Crippen LogP) is 4.54. The van der Waals surface area contributed by atoms with Gasteiger partial charge in [0, 0.05) is 6.04 Å². The van der Waals surface area contributed by atoms with Crippen LogP contribution >= 0.6 is 0 Å². The largest absolute Gasteiger partial charge is 0.300 e. The van der Waals surface area contributed by atoms with Crippen LogP contribution in [0.1, 0.15) is 68.9 Å². The summed E-state index contributed by atoms with van der Waals surface area (Å²) in [6, 6.07) is 10.4. The van der Waals surface area contributed by atoms with Crippen molar-refractivity contribution in [2.75, 3.05) is 13.1 Å². The molecule has 1 aromatic rings. The Morgan fingerprint density at radius 1 is 1.05 bits per heavy atom. The first-order valence-corrected chi connectivity index (χ1v) is 8.12. The van der Waals surface area contributed by atoms with Gasteiger partial charge in [0.05, 0.1) is 0 Å². The van der Waals surface area contributed by atoms with Gasteiger partial charge in [0.25, 0.3) is 0 Å². The number of benzene rings is 1. The fourth-order valence-corrected chi connectivity index (χ4v) is 3.37. The minimum Gasteiger partial charge on any atom is -0.300 e. The average Bonchev–Trinajstić information content (AvgIpc) is 3.31. The van der Waals surface area contributed by atoms with Crippen LogP contribution in [0.5, 0.6) is 0 Å². The van der Waals surface area contributed by atoms with Crippen LogP contribution < -0.4 is 0 Å².